The number of hydrogen-bond acceptors (Lipinski definition) is 7. The van der Waals surface area contributed by atoms with E-state index < -0.39 is 0 Å². The van der Waals surface area contributed by atoms with E-state index in [1.54, 1.807) is 7.11 Å². The van der Waals surface area contributed by atoms with E-state index in [4.69, 9.17) is 24.2 Å². The molecule has 1 fully saturated rings. The van der Waals surface area contributed by atoms with Crippen molar-refractivity contribution < 1.29 is 18.6 Å². The number of methoxy groups -OCH3 is 1. The fourth-order valence-electron chi connectivity index (χ4n) is 4.21. The van der Waals surface area contributed by atoms with Crippen molar-refractivity contribution in [3.63, 3.8) is 0 Å². The molecule has 3 heterocycles. The van der Waals surface area contributed by atoms with Gasteiger partial charge < -0.3 is 19.1 Å². The first-order chi connectivity index (χ1) is 16.2. The number of aromatic nitrogens is 2. The second kappa shape index (κ2) is 9.72. The van der Waals surface area contributed by atoms with Crippen LogP contribution in [0.1, 0.15) is 16.8 Å². The lowest BCUT2D eigenvalue weighted by Gasteiger charge is -2.32. The van der Waals surface area contributed by atoms with Crippen LogP contribution in [0, 0.1) is 5.82 Å². The third kappa shape index (κ3) is 4.91. The minimum absolute atomic E-state index is 0.223. The molecule has 7 nitrogen and oxygen atoms in total. The minimum Gasteiger partial charge on any atom is -0.493 e. The van der Waals surface area contributed by atoms with E-state index in [2.05, 4.69) is 9.80 Å². The third-order valence-electron chi connectivity index (χ3n) is 5.98. The van der Waals surface area contributed by atoms with E-state index in [-0.39, 0.29) is 5.82 Å². The fraction of sp³-hybridized carbons (Fsp3) is 0.360. The van der Waals surface area contributed by atoms with Crippen molar-refractivity contribution in [2.45, 2.75) is 19.5 Å². The maximum Gasteiger partial charge on any atom is 0.229 e. The lowest BCUT2D eigenvalue weighted by Crippen LogP contribution is -2.38. The van der Waals surface area contributed by atoms with Crippen molar-refractivity contribution in [3.05, 3.63) is 71.2 Å². The first-order valence-electron chi connectivity index (χ1n) is 11.2. The fourth-order valence-corrected chi connectivity index (χ4v) is 4.21. The van der Waals surface area contributed by atoms with Gasteiger partial charge in [0.25, 0.3) is 0 Å². The van der Waals surface area contributed by atoms with Crippen LogP contribution in [0.4, 0.5) is 10.3 Å². The first kappa shape index (κ1) is 21.6. The summed E-state index contributed by atoms with van der Waals surface area (Å²) in [6.45, 7) is 5.06. The molecule has 2 aliphatic rings. The van der Waals surface area contributed by atoms with Gasteiger partial charge >= 0.3 is 0 Å². The third-order valence-corrected chi connectivity index (χ3v) is 5.98. The summed E-state index contributed by atoms with van der Waals surface area (Å²) in [4.78, 5) is 14.2. The molecule has 0 aliphatic carbocycles. The first-order valence-corrected chi connectivity index (χ1v) is 11.2. The van der Waals surface area contributed by atoms with Gasteiger partial charge in [-0.2, -0.15) is 4.98 Å². The standard InChI is InChI=1S/C25H27FN4O3/c1-31-22-4-2-3-5-23(22)33-24-20-17-29(16-18-6-8-19(26)9-7-18)11-10-21(20)27-25(28-24)30-12-14-32-15-13-30/h2-9H,10-17H2,1H3. The van der Waals surface area contributed by atoms with Crippen molar-refractivity contribution in [1.29, 1.82) is 0 Å². The Kier molecular flexibility index (Phi) is 6.37. The number of anilines is 1. The van der Waals surface area contributed by atoms with Crippen molar-refractivity contribution >= 4 is 5.95 Å². The number of benzene rings is 2. The Labute approximate surface area is 192 Å². The molecule has 0 unspecified atom stereocenters. The second-order valence-corrected chi connectivity index (χ2v) is 8.19. The summed E-state index contributed by atoms with van der Waals surface area (Å²) in [5.41, 5.74) is 3.05. The Hall–Kier alpha value is -3.23. The number of para-hydroxylation sites is 2. The molecule has 0 amide bonds. The highest BCUT2D eigenvalue weighted by molar-refractivity contribution is 5.47. The number of rotatable bonds is 6. The topological polar surface area (TPSA) is 60.0 Å². The predicted octanol–water partition coefficient (Wildman–Crippen LogP) is 3.81. The molecule has 1 saturated heterocycles. The van der Waals surface area contributed by atoms with Gasteiger partial charge in [0, 0.05) is 39.1 Å². The summed E-state index contributed by atoms with van der Waals surface area (Å²) in [5, 5.41) is 0. The Morgan fingerprint density at radius 2 is 1.73 bits per heavy atom. The number of fused-ring (bicyclic) bond motifs is 1. The molecule has 0 bridgehead atoms. The molecule has 0 saturated carbocycles. The van der Waals surface area contributed by atoms with Crippen LogP contribution >= 0.6 is 0 Å². The lowest BCUT2D eigenvalue weighted by molar-refractivity contribution is 0.122. The molecule has 0 spiro atoms. The van der Waals surface area contributed by atoms with E-state index in [1.807, 2.05) is 36.4 Å². The zero-order valence-corrected chi connectivity index (χ0v) is 18.7. The minimum atomic E-state index is -0.223. The second-order valence-electron chi connectivity index (χ2n) is 8.19. The van der Waals surface area contributed by atoms with Crippen LogP contribution in [0.2, 0.25) is 0 Å². The van der Waals surface area contributed by atoms with Gasteiger partial charge in [0.15, 0.2) is 11.5 Å². The molecular formula is C25H27FN4O3. The van der Waals surface area contributed by atoms with Crippen LogP contribution in [0.15, 0.2) is 48.5 Å². The van der Waals surface area contributed by atoms with Crippen LogP contribution < -0.4 is 14.4 Å². The predicted molar refractivity (Wildman–Crippen MR) is 122 cm³/mol. The zero-order chi connectivity index (χ0) is 22.6. The molecule has 3 aromatic rings. The van der Waals surface area contributed by atoms with Gasteiger partial charge in [-0.25, -0.2) is 9.37 Å². The Bertz CT molecular complexity index is 1100. The molecule has 0 radical (unpaired) electrons. The molecule has 0 atom stereocenters. The Morgan fingerprint density at radius 3 is 2.48 bits per heavy atom. The van der Waals surface area contributed by atoms with Gasteiger partial charge in [-0.3, -0.25) is 4.90 Å². The molecule has 2 aromatic carbocycles. The van der Waals surface area contributed by atoms with Gasteiger partial charge in [0.05, 0.1) is 31.6 Å². The van der Waals surface area contributed by atoms with Crippen LogP contribution in [-0.2, 0) is 24.2 Å². The summed E-state index contributed by atoms with van der Waals surface area (Å²) in [5.74, 6) is 2.27. The smallest absolute Gasteiger partial charge is 0.229 e. The largest absolute Gasteiger partial charge is 0.493 e. The average molecular weight is 451 g/mol. The van der Waals surface area contributed by atoms with E-state index in [1.165, 1.54) is 12.1 Å². The van der Waals surface area contributed by atoms with E-state index in [0.29, 0.717) is 43.1 Å². The lowest BCUT2D eigenvalue weighted by atomic mass is 10.1. The Morgan fingerprint density at radius 1 is 0.970 bits per heavy atom. The van der Waals surface area contributed by atoms with Crippen LogP contribution in [-0.4, -0.2) is 54.8 Å². The highest BCUT2D eigenvalue weighted by atomic mass is 19.1. The van der Waals surface area contributed by atoms with Crippen LogP contribution in [0.25, 0.3) is 0 Å². The molecule has 1 aromatic heterocycles. The summed E-state index contributed by atoms with van der Waals surface area (Å²) in [6.07, 6.45) is 0.790. The maximum atomic E-state index is 13.3. The summed E-state index contributed by atoms with van der Waals surface area (Å²) in [6, 6.07) is 14.2. The monoisotopic (exact) mass is 450 g/mol. The average Bonchev–Trinajstić information content (AvgIpc) is 2.86. The quantitative estimate of drug-likeness (QED) is 0.566. The van der Waals surface area contributed by atoms with Crippen molar-refractivity contribution in [2.24, 2.45) is 0 Å². The maximum absolute atomic E-state index is 13.3. The molecule has 8 heteroatoms. The van der Waals surface area contributed by atoms with Crippen LogP contribution in [0.5, 0.6) is 17.4 Å². The molecular weight excluding hydrogens is 423 g/mol. The highest BCUT2D eigenvalue weighted by Gasteiger charge is 2.26. The van der Waals surface area contributed by atoms with Gasteiger partial charge in [0.2, 0.25) is 11.8 Å². The van der Waals surface area contributed by atoms with Crippen molar-refractivity contribution in [1.82, 2.24) is 14.9 Å². The number of nitrogens with zero attached hydrogens (tertiary/aromatic N) is 4. The molecule has 172 valence electrons. The van der Waals surface area contributed by atoms with E-state index in [0.717, 1.165) is 49.4 Å². The van der Waals surface area contributed by atoms with Crippen molar-refractivity contribution in [3.8, 4) is 17.4 Å². The Balaban J connectivity index is 1.46. The number of ether oxygens (including phenoxy) is 3. The summed E-state index contributed by atoms with van der Waals surface area (Å²) >= 11 is 0. The number of morpholine rings is 1. The SMILES string of the molecule is COc1ccccc1Oc1nc(N2CCOCC2)nc2c1CN(Cc1ccc(F)cc1)CC2. The van der Waals surface area contributed by atoms with Crippen LogP contribution in [0.3, 0.4) is 0 Å². The normalized spacial score (nSPS) is 16.4. The highest BCUT2D eigenvalue weighted by Crippen LogP contribution is 2.35. The van der Waals surface area contributed by atoms with Gasteiger partial charge in [-0.15, -0.1) is 0 Å². The van der Waals surface area contributed by atoms with Gasteiger partial charge in [-0.05, 0) is 29.8 Å². The van der Waals surface area contributed by atoms with Gasteiger partial charge in [-0.1, -0.05) is 24.3 Å². The molecule has 5 rings (SSSR count). The molecule has 33 heavy (non-hydrogen) atoms. The van der Waals surface area contributed by atoms with E-state index in [9.17, 15) is 4.39 Å². The molecule has 0 N–H and O–H groups in total. The zero-order valence-electron chi connectivity index (χ0n) is 18.7. The number of hydrogen-bond donors (Lipinski definition) is 0. The summed E-state index contributed by atoms with van der Waals surface area (Å²) in [7, 11) is 1.63. The number of halogens is 1. The summed E-state index contributed by atoms with van der Waals surface area (Å²) < 4.78 is 30.6. The molecule has 2 aliphatic heterocycles. The van der Waals surface area contributed by atoms with E-state index >= 15 is 0 Å². The van der Waals surface area contributed by atoms with Crippen molar-refractivity contribution in [2.75, 3.05) is 44.9 Å². The van der Waals surface area contributed by atoms with Gasteiger partial charge in [0.1, 0.15) is 5.82 Å².